The average Bonchev–Trinajstić information content (AvgIpc) is 2.25. The van der Waals surface area contributed by atoms with Gasteiger partial charge < -0.3 is 14.8 Å². The minimum Gasteiger partial charge on any atom is -0.465 e. The zero-order valence-electron chi connectivity index (χ0n) is 10.4. The quantitative estimate of drug-likeness (QED) is 0.782. The molecule has 7 nitrogen and oxygen atoms in total. The molecule has 0 bridgehead atoms. The molecule has 1 aromatic rings. The number of anilines is 1. The van der Waals surface area contributed by atoms with Crippen LogP contribution in [0.2, 0.25) is 5.28 Å². The van der Waals surface area contributed by atoms with Gasteiger partial charge in [-0.3, -0.25) is 4.79 Å². The third-order valence-corrected chi connectivity index (χ3v) is 1.79. The molecule has 1 N–H and O–H groups in total. The molecule has 0 fully saturated rings. The van der Waals surface area contributed by atoms with Crippen LogP contribution >= 0.6 is 11.6 Å². The van der Waals surface area contributed by atoms with Crippen LogP contribution in [0.1, 0.15) is 20.8 Å². The van der Waals surface area contributed by atoms with Crippen molar-refractivity contribution in [3.63, 3.8) is 0 Å². The Morgan fingerprint density at radius 3 is 2.72 bits per heavy atom. The highest BCUT2D eigenvalue weighted by Crippen LogP contribution is 2.12. The third-order valence-electron chi connectivity index (χ3n) is 1.62. The first-order valence-corrected chi connectivity index (χ1v) is 5.86. The van der Waals surface area contributed by atoms with Gasteiger partial charge in [0.15, 0.2) is 0 Å². The standard InChI is InChI=1S/C10H15ClN4O3/c1-4-17-7(16)5-12-9-13-8(11)14-10(15-9)18-6(2)3/h6H,4-5H2,1-3H3,(H,12,13,14,15). The molecular weight excluding hydrogens is 260 g/mol. The number of nitrogens with zero attached hydrogens (tertiary/aromatic N) is 3. The van der Waals surface area contributed by atoms with Gasteiger partial charge in [0, 0.05) is 0 Å². The monoisotopic (exact) mass is 274 g/mol. The summed E-state index contributed by atoms with van der Waals surface area (Å²) in [6.45, 7) is 5.68. The zero-order chi connectivity index (χ0) is 13.5. The largest absolute Gasteiger partial charge is 0.465 e. The number of ether oxygens (including phenoxy) is 2. The van der Waals surface area contributed by atoms with Crippen molar-refractivity contribution < 1.29 is 14.3 Å². The van der Waals surface area contributed by atoms with Gasteiger partial charge in [-0.1, -0.05) is 0 Å². The number of esters is 1. The van der Waals surface area contributed by atoms with E-state index >= 15 is 0 Å². The molecule has 18 heavy (non-hydrogen) atoms. The van der Waals surface area contributed by atoms with Gasteiger partial charge in [0.25, 0.3) is 0 Å². The van der Waals surface area contributed by atoms with Crippen molar-refractivity contribution in [1.29, 1.82) is 0 Å². The number of carbonyl (C=O) groups is 1. The molecule has 0 unspecified atom stereocenters. The van der Waals surface area contributed by atoms with Crippen molar-refractivity contribution in [3.8, 4) is 6.01 Å². The lowest BCUT2D eigenvalue weighted by Crippen LogP contribution is -2.19. The molecule has 0 aromatic carbocycles. The lowest BCUT2D eigenvalue weighted by Gasteiger charge is -2.09. The van der Waals surface area contributed by atoms with E-state index in [1.165, 1.54) is 0 Å². The van der Waals surface area contributed by atoms with E-state index in [0.717, 1.165) is 0 Å². The Balaban J connectivity index is 2.65. The average molecular weight is 275 g/mol. The molecule has 0 saturated heterocycles. The highest BCUT2D eigenvalue weighted by molar-refractivity contribution is 6.28. The summed E-state index contributed by atoms with van der Waals surface area (Å²) in [6, 6.07) is 0.108. The van der Waals surface area contributed by atoms with Gasteiger partial charge in [-0.15, -0.1) is 0 Å². The van der Waals surface area contributed by atoms with Crippen LogP contribution in [0.15, 0.2) is 0 Å². The number of aromatic nitrogens is 3. The summed E-state index contributed by atoms with van der Waals surface area (Å²) in [6.07, 6.45) is -0.0821. The summed E-state index contributed by atoms with van der Waals surface area (Å²) in [5.74, 6) is -0.237. The van der Waals surface area contributed by atoms with E-state index in [1.807, 2.05) is 13.8 Å². The molecule has 1 heterocycles. The predicted molar refractivity (Wildman–Crippen MR) is 65.7 cm³/mol. The van der Waals surface area contributed by atoms with Crippen LogP contribution in [0.25, 0.3) is 0 Å². The van der Waals surface area contributed by atoms with Crippen LogP contribution in [-0.2, 0) is 9.53 Å². The fourth-order valence-electron chi connectivity index (χ4n) is 1.04. The molecular formula is C10H15ClN4O3. The first-order chi connectivity index (χ1) is 8.51. The van der Waals surface area contributed by atoms with Crippen LogP contribution < -0.4 is 10.1 Å². The van der Waals surface area contributed by atoms with Gasteiger partial charge in [-0.25, -0.2) is 0 Å². The van der Waals surface area contributed by atoms with E-state index in [9.17, 15) is 4.79 Å². The molecule has 0 aliphatic carbocycles. The van der Waals surface area contributed by atoms with Crippen LogP contribution in [0, 0.1) is 0 Å². The highest BCUT2D eigenvalue weighted by atomic mass is 35.5. The Hall–Kier alpha value is -1.63. The summed E-state index contributed by atoms with van der Waals surface area (Å²) < 4.78 is 10.0. The number of hydrogen-bond acceptors (Lipinski definition) is 7. The second-order valence-corrected chi connectivity index (χ2v) is 3.87. The van der Waals surface area contributed by atoms with Gasteiger partial charge in [0.05, 0.1) is 12.7 Å². The van der Waals surface area contributed by atoms with Gasteiger partial charge in [-0.05, 0) is 32.4 Å². The van der Waals surface area contributed by atoms with Crippen molar-refractivity contribution in [2.24, 2.45) is 0 Å². The van der Waals surface area contributed by atoms with Crippen molar-refractivity contribution in [3.05, 3.63) is 5.28 Å². The van der Waals surface area contributed by atoms with E-state index in [4.69, 9.17) is 21.1 Å². The SMILES string of the molecule is CCOC(=O)CNc1nc(Cl)nc(OC(C)C)n1. The first-order valence-electron chi connectivity index (χ1n) is 5.49. The van der Waals surface area contributed by atoms with E-state index in [0.29, 0.717) is 6.61 Å². The Morgan fingerprint density at radius 1 is 1.39 bits per heavy atom. The lowest BCUT2D eigenvalue weighted by molar-refractivity contribution is -0.140. The summed E-state index contributed by atoms with van der Waals surface area (Å²) in [7, 11) is 0. The van der Waals surface area contributed by atoms with Crippen LogP contribution in [0.3, 0.4) is 0 Å². The third kappa shape index (κ3) is 5.13. The normalized spacial score (nSPS) is 10.3. The van der Waals surface area contributed by atoms with E-state index in [-0.39, 0.29) is 29.9 Å². The van der Waals surface area contributed by atoms with Crippen LogP contribution in [0.4, 0.5) is 5.95 Å². The van der Waals surface area contributed by atoms with Crippen molar-refractivity contribution in [2.45, 2.75) is 26.9 Å². The maximum Gasteiger partial charge on any atom is 0.325 e. The van der Waals surface area contributed by atoms with Crippen LogP contribution in [-0.4, -0.2) is 40.2 Å². The smallest absolute Gasteiger partial charge is 0.325 e. The zero-order valence-corrected chi connectivity index (χ0v) is 11.2. The first kappa shape index (κ1) is 14.4. The number of hydrogen-bond donors (Lipinski definition) is 1. The van der Waals surface area contributed by atoms with Crippen molar-refractivity contribution >= 4 is 23.5 Å². The second kappa shape index (κ2) is 6.95. The minimum absolute atomic E-state index is 0.00740. The Bertz CT molecular complexity index is 414. The molecule has 0 atom stereocenters. The van der Waals surface area contributed by atoms with E-state index in [1.54, 1.807) is 6.92 Å². The van der Waals surface area contributed by atoms with Crippen molar-refractivity contribution in [1.82, 2.24) is 15.0 Å². The predicted octanol–water partition coefficient (Wildman–Crippen LogP) is 1.29. The highest BCUT2D eigenvalue weighted by Gasteiger charge is 2.09. The molecule has 1 rings (SSSR count). The van der Waals surface area contributed by atoms with Gasteiger partial charge in [0.1, 0.15) is 6.54 Å². The Labute approximate surface area is 110 Å². The maximum atomic E-state index is 11.1. The Kier molecular flexibility index (Phi) is 5.57. The van der Waals surface area contributed by atoms with Gasteiger partial charge >= 0.3 is 12.0 Å². The molecule has 8 heteroatoms. The molecule has 0 aliphatic rings. The maximum absolute atomic E-state index is 11.1. The van der Waals surface area contributed by atoms with E-state index < -0.39 is 5.97 Å². The molecule has 100 valence electrons. The van der Waals surface area contributed by atoms with Crippen LogP contribution in [0.5, 0.6) is 6.01 Å². The number of carbonyl (C=O) groups excluding carboxylic acids is 1. The minimum atomic E-state index is -0.402. The molecule has 0 saturated carbocycles. The molecule has 0 amide bonds. The second-order valence-electron chi connectivity index (χ2n) is 3.54. The van der Waals surface area contributed by atoms with Gasteiger partial charge in [-0.2, -0.15) is 15.0 Å². The number of rotatable bonds is 6. The molecule has 0 radical (unpaired) electrons. The lowest BCUT2D eigenvalue weighted by atomic mass is 10.5. The number of halogens is 1. The summed E-state index contributed by atoms with van der Waals surface area (Å²) in [4.78, 5) is 22.7. The van der Waals surface area contributed by atoms with Crippen molar-refractivity contribution in [2.75, 3.05) is 18.5 Å². The molecule has 0 spiro atoms. The summed E-state index contributed by atoms with van der Waals surface area (Å²) in [5, 5.41) is 2.68. The fraction of sp³-hybridized carbons (Fsp3) is 0.600. The summed E-state index contributed by atoms with van der Waals surface area (Å²) >= 11 is 5.71. The molecule has 1 aromatic heterocycles. The van der Waals surface area contributed by atoms with Gasteiger partial charge in [0.2, 0.25) is 11.2 Å². The number of nitrogens with one attached hydrogen (secondary N) is 1. The molecule has 0 aliphatic heterocycles. The topological polar surface area (TPSA) is 86.2 Å². The Morgan fingerprint density at radius 2 is 2.11 bits per heavy atom. The fourth-order valence-corrected chi connectivity index (χ4v) is 1.19. The summed E-state index contributed by atoms with van der Waals surface area (Å²) in [5.41, 5.74) is 0. The van der Waals surface area contributed by atoms with E-state index in [2.05, 4.69) is 20.3 Å².